The molecule has 1 rings (SSSR count). The van der Waals surface area contributed by atoms with E-state index < -0.39 is 0 Å². The van der Waals surface area contributed by atoms with Crippen LogP contribution in [0.3, 0.4) is 0 Å². The molecule has 1 aromatic carbocycles. The van der Waals surface area contributed by atoms with E-state index in [1.807, 2.05) is 0 Å². The van der Waals surface area contributed by atoms with Crippen molar-refractivity contribution in [2.75, 3.05) is 0 Å². The standard InChI is InChI=1S/C14H23N/c1-5-6-12(3)15-13(4)14-9-7-11(2)8-10-14/h7-10,12-13,15H,5-6H2,1-4H3. The molecule has 84 valence electrons. The maximum atomic E-state index is 3.62. The van der Waals surface area contributed by atoms with Crippen LogP contribution in [0.25, 0.3) is 0 Å². The highest BCUT2D eigenvalue weighted by molar-refractivity contribution is 5.23. The lowest BCUT2D eigenvalue weighted by molar-refractivity contribution is 0.453. The summed E-state index contributed by atoms with van der Waals surface area (Å²) >= 11 is 0. The molecule has 0 saturated heterocycles. The van der Waals surface area contributed by atoms with E-state index in [1.54, 1.807) is 0 Å². The van der Waals surface area contributed by atoms with Gasteiger partial charge in [0.2, 0.25) is 0 Å². The van der Waals surface area contributed by atoms with Gasteiger partial charge in [0.1, 0.15) is 0 Å². The van der Waals surface area contributed by atoms with Crippen molar-refractivity contribution in [3.63, 3.8) is 0 Å². The van der Waals surface area contributed by atoms with Crippen molar-refractivity contribution in [1.82, 2.24) is 5.32 Å². The molecule has 0 aliphatic heterocycles. The lowest BCUT2D eigenvalue weighted by atomic mass is 10.0. The average molecular weight is 205 g/mol. The number of hydrogen-bond donors (Lipinski definition) is 1. The van der Waals surface area contributed by atoms with Gasteiger partial charge in [-0.1, -0.05) is 43.2 Å². The third-order valence-electron chi connectivity index (χ3n) is 2.83. The van der Waals surface area contributed by atoms with Crippen LogP contribution in [0.15, 0.2) is 24.3 Å². The summed E-state index contributed by atoms with van der Waals surface area (Å²) < 4.78 is 0. The minimum absolute atomic E-state index is 0.451. The minimum Gasteiger partial charge on any atom is -0.308 e. The monoisotopic (exact) mass is 205 g/mol. The Bertz CT molecular complexity index is 276. The highest BCUT2D eigenvalue weighted by Gasteiger charge is 2.07. The zero-order valence-corrected chi connectivity index (χ0v) is 10.4. The van der Waals surface area contributed by atoms with Crippen LogP contribution in [0.2, 0.25) is 0 Å². The summed E-state index contributed by atoms with van der Waals surface area (Å²) in [5, 5.41) is 3.62. The molecule has 0 radical (unpaired) electrons. The van der Waals surface area contributed by atoms with E-state index in [0.717, 1.165) is 0 Å². The van der Waals surface area contributed by atoms with Gasteiger partial charge in [0.15, 0.2) is 0 Å². The topological polar surface area (TPSA) is 12.0 Å². The summed E-state index contributed by atoms with van der Waals surface area (Å²) in [6, 6.07) is 9.84. The Morgan fingerprint density at radius 3 is 2.27 bits per heavy atom. The zero-order valence-electron chi connectivity index (χ0n) is 10.4. The Morgan fingerprint density at radius 2 is 1.73 bits per heavy atom. The first-order valence-electron chi connectivity index (χ1n) is 5.96. The number of hydrogen-bond acceptors (Lipinski definition) is 1. The molecule has 0 spiro atoms. The maximum absolute atomic E-state index is 3.62. The summed E-state index contributed by atoms with van der Waals surface area (Å²) in [7, 11) is 0. The molecule has 0 aliphatic rings. The quantitative estimate of drug-likeness (QED) is 0.770. The first-order valence-corrected chi connectivity index (χ1v) is 5.96. The molecular weight excluding hydrogens is 182 g/mol. The molecule has 1 N–H and O–H groups in total. The van der Waals surface area contributed by atoms with Crippen molar-refractivity contribution in [1.29, 1.82) is 0 Å². The Hall–Kier alpha value is -0.820. The summed E-state index contributed by atoms with van der Waals surface area (Å²) in [5.41, 5.74) is 2.70. The second-order valence-corrected chi connectivity index (χ2v) is 4.49. The molecule has 0 aliphatic carbocycles. The largest absolute Gasteiger partial charge is 0.308 e. The van der Waals surface area contributed by atoms with Crippen LogP contribution in [0.5, 0.6) is 0 Å². The molecule has 0 bridgehead atoms. The maximum Gasteiger partial charge on any atom is 0.0294 e. The van der Waals surface area contributed by atoms with Gasteiger partial charge in [0, 0.05) is 12.1 Å². The van der Waals surface area contributed by atoms with Crippen molar-refractivity contribution in [3.8, 4) is 0 Å². The van der Waals surface area contributed by atoms with Crippen molar-refractivity contribution >= 4 is 0 Å². The van der Waals surface area contributed by atoms with Crippen LogP contribution in [0.4, 0.5) is 0 Å². The summed E-state index contributed by atoms with van der Waals surface area (Å²) in [6.45, 7) is 8.85. The smallest absolute Gasteiger partial charge is 0.0294 e. The molecule has 2 unspecified atom stereocenters. The molecule has 1 heteroatoms. The predicted molar refractivity (Wildman–Crippen MR) is 67.1 cm³/mol. The predicted octanol–water partition coefficient (Wildman–Crippen LogP) is 3.83. The summed E-state index contributed by atoms with van der Waals surface area (Å²) in [5.74, 6) is 0. The fourth-order valence-electron chi connectivity index (χ4n) is 1.89. The number of benzene rings is 1. The van der Waals surface area contributed by atoms with Crippen LogP contribution in [-0.2, 0) is 0 Å². The van der Waals surface area contributed by atoms with Gasteiger partial charge < -0.3 is 5.32 Å². The average Bonchev–Trinajstić information content (AvgIpc) is 2.18. The first-order chi connectivity index (χ1) is 7.13. The highest BCUT2D eigenvalue weighted by atomic mass is 14.9. The molecule has 15 heavy (non-hydrogen) atoms. The second-order valence-electron chi connectivity index (χ2n) is 4.49. The molecule has 0 saturated carbocycles. The van der Waals surface area contributed by atoms with E-state index in [1.165, 1.54) is 24.0 Å². The fourth-order valence-corrected chi connectivity index (χ4v) is 1.89. The van der Waals surface area contributed by atoms with Crippen LogP contribution in [0.1, 0.15) is 50.8 Å². The van der Waals surface area contributed by atoms with Crippen LogP contribution in [0, 0.1) is 6.92 Å². The van der Waals surface area contributed by atoms with Gasteiger partial charge in [-0.05, 0) is 32.8 Å². The van der Waals surface area contributed by atoms with Crippen LogP contribution < -0.4 is 5.32 Å². The van der Waals surface area contributed by atoms with Crippen LogP contribution >= 0.6 is 0 Å². The molecular formula is C14H23N. The zero-order chi connectivity index (χ0) is 11.3. The molecule has 0 heterocycles. The third-order valence-corrected chi connectivity index (χ3v) is 2.83. The molecule has 1 nitrogen and oxygen atoms in total. The first kappa shape index (κ1) is 12.3. The van der Waals surface area contributed by atoms with Gasteiger partial charge in [0.05, 0.1) is 0 Å². The van der Waals surface area contributed by atoms with Gasteiger partial charge in [-0.3, -0.25) is 0 Å². The molecule has 2 atom stereocenters. The Morgan fingerprint density at radius 1 is 1.13 bits per heavy atom. The van der Waals surface area contributed by atoms with Gasteiger partial charge in [-0.25, -0.2) is 0 Å². The lowest BCUT2D eigenvalue weighted by Gasteiger charge is -2.20. The van der Waals surface area contributed by atoms with E-state index in [2.05, 4.69) is 57.3 Å². The SMILES string of the molecule is CCCC(C)NC(C)c1ccc(C)cc1. The van der Waals surface area contributed by atoms with Crippen molar-refractivity contribution in [3.05, 3.63) is 35.4 Å². The fraction of sp³-hybridized carbons (Fsp3) is 0.571. The molecule has 1 aromatic rings. The van der Waals surface area contributed by atoms with Crippen LogP contribution in [-0.4, -0.2) is 6.04 Å². The van der Waals surface area contributed by atoms with Gasteiger partial charge in [-0.15, -0.1) is 0 Å². The number of nitrogens with one attached hydrogen (secondary N) is 1. The molecule has 0 amide bonds. The minimum atomic E-state index is 0.451. The molecule has 0 aromatic heterocycles. The van der Waals surface area contributed by atoms with E-state index >= 15 is 0 Å². The highest BCUT2D eigenvalue weighted by Crippen LogP contribution is 2.14. The van der Waals surface area contributed by atoms with E-state index in [9.17, 15) is 0 Å². The Kier molecular flexibility index (Phi) is 4.83. The van der Waals surface area contributed by atoms with Crippen molar-refractivity contribution in [2.45, 2.75) is 52.6 Å². The summed E-state index contributed by atoms with van der Waals surface area (Å²) in [6.07, 6.45) is 2.49. The molecule has 0 fully saturated rings. The van der Waals surface area contributed by atoms with Gasteiger partial charge in [0.25, 0.3) is 0 Å². The Balaban J connectivity index is 2.53. The summed E-state index contributed by atoms with van der Waals surface area (Å²) in [4.78, 5) is 0. The number of aryl methyl sites for hydroxylation is 1. The van der Waals surface area contributed by atoms with Gasteiger partial charge in [-0.2, -0.15) is 0 Å². The van der Waals surface area contributed by atoms with E-state index in [4.69, 9.17) is 0 Å². The van der Waals surface area contributed by atoms with Crippen molar-refractivity contribution in [2.24, 2.45) is 0 Å². The Labute approximate surface area is 93.9 Å². The number of rotatable bonds is 5. The lowest BCUT2D eigenvalue weighted by Crippen LogP contribution is -2.28. The van der Waals surface area contributed by atoms with Gasteiger partial charge >= 0.3 is 0 Å². The third kappa shape index (κ3) is 4.05. The van der Waals surface area contributed by atoms with Crippen molar-refractivity contribution < 1.29 is 0 Å². The second kappa shape index (κ2) is 5.92. The van der Waals surface area contributed by atoms with E-state index in [0.29, 0.717) is 12.1 Å². The normalized spacial score (nSPS) is 14.9. The van der Waals surface area contributed by atoms with E-state index in [-0.39, 0.29) is 0 Å².